The van der Waals surface area contributed by atoms with Crippen LogP contribution in [0.2, 0.25) is 0 Å². The van der Waals surface area contributed by atoms with Crippen LogP contribution in [0.15, 0.2) is 24.3 Å². The van der Waals surface area contributed by atoms with Crippen molar-refractivity contribution in [2.45, 2.75) is 12.8 Å². The molecule has 1 aromatic rings. The smallest absolute Gasteiger partial charge is 0.321 e. The Balaban J connectivity index is 2.43. The summed E-state index contributed by atoms with van der Waals surface area (Å²) in [6.07, 6.45) is 1.82. The molecule has 17 heavy (non-hydrogen) atoms. The molecule has 0 aliphatic rings. The molecule has 0 radical (unpaired) electrons. The predicted molar refractivity (Wildman–Crippen MR) is 72.5 cm³/mol. The van der Waals surface area contributed by atoms with Crippen LogP contribution in [0, 0.1) is 0 Å². The Kier molecular flexibility index (Phi) is 5.63. The molecular weight excluding hydrogens is 238 g/mol. The summed E-state index contributed by atoms with van der Waals surface area (Å²) in [6, 6.07) is 6.98. The highest BCUT2D eigenvalue weighted by Crippen LogP contribution is 2.12. The van der Waals surface area contributed by atoms with Gasteiger partial charge in [-0.2, -0.15) is 0 Å². The fourth-order valence-electron chi connectivity index (χ4n) is 1.38. The van der Waals surface area contributed by atoms with E-state index in [0.717, 1.165) is 12.8 Å². The number of anilines is 2. The van der Waals surface area contributed by atoms with E-state index in [4.69, 9.17) is 17.3 Å². The normalized spacial score (nSPS) is 10.0. The number of nitrogens with zero attached hydrogens (tertiary/aromatic N) is 1. The molecule has 0 unspecified atom stereocenters. The molecule has 0 spiro atoms. The van der Waals surface area contributed by atoms with Crippen molar-refractivity contribution >= 4 is 29.0 Å². The van der Waals surface area contributed by atoms with Crippen molar-refractivity contribution in [2.24, 2.45) is 0 Å². The van der Waals surface area contributed by atoms with Gasteiger partial charge in [-0.05, 0) is 31.0 Å². The summed E-state index contributed by atoms with van der Waals surface area (Å²) < 4.78 is 0. The molecule has 0 bridgehead atoms. The van der Waals surface area contributed by atoms with Gasteiger partial charge in [0.15, 0.2) is 0 Å². The molecule has 0 heterocycles. The lowest BCUT2D eigenvalue weighted by atomic mass is 10.3. The Labute approximate surface area is 107 Å². The van der Waals surface area contributed by atoms with Crippen LogP contribution in [0.25, 0.3) is 0 Å². The maximum absolute atomic E-state index is 11.8. The summed E-state index contributed by atoms with van der Waals surface area (Å²) >= 11 is 5.58. The van der Waals surface area contributed by atoms with E-state index < -0.39 is 0 Å². The van der Waals surface area contributed by atoms with E-state index in [9.17, 15) is 4.79 Å². The number of urea groups is 1. The highest BCUT2D eigenvalue weighted by molar-refractivity contribution is 6.17. The van der Waals surface area contributed by atoms with Gasteiger partial charge in [0, 0.05) is 30.8 Å². The van der Waals surface area contributed by atoms with Crippen LogP contribution in [-0.4, -0.2) is 30.4 Å². The van der Waals surface area contributed by atoms with Gasteiger partial charge < -0.3 is 16.0 Å². The molecule has 2 amide bonds. The Morgan fingerprint density at radius 1 is 1.47 bits per heavy atom. The van der Waals surface area contributed by atoms with Gasteiger partial charge in [-0.15, -0.1) is 11.6 Å². The lowest BCUT2D eigenvalue weighted by Crippen LogP contribution is -2.32. The predicted octanol–water partition coefficient (Wildman–Crippen LogP) is 2.75. The van der Waals surface area contributed by atoms with E-state index in [2.05, 4.69) is 5.32 Å². The second kappa shape index (κ2) is 7.01. The van der Waals surface area contributed by atoms with Crippen LogP contribution >= 0.6 is 11.6 Å². The Hall–Kier alpha value is -1.42. The molecule has 5 heteroatoms. The zero-order chi connectivity index (χ0) is 12.7. The van der Waals surface area contributed by atoms with E-state index in [1.165, 1.54) is 0 Å². The number of rotatable bonds is 5. The molecule has 4 nitrogen and oxygen atoms in total. The Bertz CT molecular complexity index is 371. The van der Waals surface area contributed by atoms with Crippen LogP contribution in [0.5, 0.6) is 0 Å². The fourth-order valence-corrected chi connectivity index (χ4v) is 1.57. The molecule has 3 N–H and O–H groups in total. The third kappa shape index (κ3) is 4.95. The lowest BCUT2D eigenvalue weighted by Gasteiger charge is -2.17. The van der Waals surface area contributed by atoms with Crippen molar-refractivity contribution < 1.29 is 4.79 Å². The first kappa shape index (κ1) is 13.6. The summed E-state index contributed by atoms with van der Waals surface area (Å²) in [5.74, 6) is 0.630. The first-order valence-corrected chi connectivity index (χ1v) is 6.10. The van der Waals surface area contributed by atoms with Gasteiger partial charge >= 0.3 is 6.03 Å². The van der Waals surface area contributed by atoms with Crippen molar-refractivity contribution in [3.8, 4) is 0 Å². The monoisotopic (exact) mass is 255 g/mol. The van der Waals surface area contributed by atoms with Crippen molar-refractivity contribution in [1.29, 1.82) is 0 Å². The van der Waals surface area contributed by atoms with Gasteiger partial charge in [-0.3, -0.25) is 0 Å². The average molecular weight is 256 g/mol. The molecule has 0 fully saturated rings. The van der Waals surface area contributed by atoms with Gasteiger partial charge in [-0.1, -0.05) is 6.07 Å². The zero-order valence-corrected chi connectivity index (χ0v) is 10.7. The quantitative estimate of drug-likeness (QED) is 0.483. The van der Waals surface area contributed by atoms with E-state index in [1.54, 1.807) is 36.2 Å². The van der Waals surface area contributed by atoms with Crippen LogP contribution in [-0.2, 0) is 0 Å². The molecule has 0 saturated carbocycles. The number of nitrogen functional groups attached to an aromatic ring is 1. The lowest BCUT2D eigenvalue weighted by molar-refractivity contribution is 0.222. The van der Waals surface area contributed by atoms with Crippen LogP contribution in [0.1, 0.15) is 12.8 Å². The summed E-state index contributed by atoms with van der Waals surface area (Å²) in [6.45, 7) is 0.695. The second-order valence-corrected chi connectivity index (χ2v) is 4.25. The largest absolute Gasteiger partial charge is 0.399 e. The number of nitrogens with one attached hydrogen (secondary N) is 1. The molecule has 0 atom stereocenters. The third-order valence-electron chi connectivity index (χ3n) is 2.36. The SMILES string of the molecule is CN(CCCCCl)C(=O)Nc1cccc(N)c1. The maximum atomic E-state index is 11.8. The number of alkyl halides is 1. The van der Waals surface area contributed by atoms with Crippen LogP contribution in [0.3, 0.4) is 0 Å². The van der Waals surface area contributed by atoms with Crippen molar-refractivity contribution in [3.05, 3.63) is 24.3 Å². The summed E-state index contributed by atoms with van der Waals surface area (Å²) in [4.78, 5) is 13.4. The molecule has 0 aromatic heterocycles. The van der Waals surface area contributed by atoms with Gasteiger partial charge in [0.05, 0.1) is 0 Å². The number of benzene rings is 1. The van der Waals surface area contributed by atoms with Gasteiger partial charge in [0.1, 0.15) is 0 Å². The van der Waals surface area contributed by atoms with Gasteiger partial charge in [-0.25, -0.2) is 4.79 Å². The summed E-state index contributed by atoms with van der Waals surface area (Å²) in [5.41, 5.74) is 6.97. The number of halogens is 1. The first-order valence-electron chi connectivity index (χ1n) is 5.57. The highest BCUT2D eigenvalue weighted by atomic mass is 35.5. The van der Waals surface area contributed by atoms with E-state index >= 15 is 0 Å². The minimum atomic E-state index is -0.134. The molecule has 0 saturated heterocycles. The number of hydrogen-bond acceptors (Lipinski definition) is 2. The Morgan fingerprint density at radius 2 is 2.24 bits per heavy atom. The second-order valence-electron chi connectivity index (χ2n) is 3.87. The molecular formula is C12H18ClN3O. The average Bonchev–Trinajstić information content (AvgIpc) is 2.29. The topological polar surface area (TPSA) is 58.4 Å². The molecule has 0 aliphatic carbocycles. The van der Waals surface area contributed by atoms with Crippen LogP contribution in [0.4, 0.5) is 16.2 Å². The van der Waals surface area contributed by atoms with Crippen molar-refractivity contribution in [3.63, 3.8) is 0 Å². The minimum Gasteiger partial charge on any atom is -0.399 e. The first-order chi connectivity index (χ1) is 8.13. The van der Waals surface area contributed by atoms with E-state index in [0.29, 0.717) is 23.8 Å². The van der Waals surface area contributed by atoms with Gasteiger partial charge in [0.25, 0.3) is 0 Å². The highest BCUT2D eigenvalue weighted by Gasteiger charge is 2.07. The minimum absolute atomic E-state index is 0.134. The van der Waals surface area contributed by atoms with E-state index in [-0.39, 0.29) is 6.03 Å². The number of hydrogen-bond donors (Lipinski definition) is 2. The number of unbranched alkanes of at least 4 members (excludes halogenated alkanes) is 1. The van der Waals surface area contributed by atoms with Crippen molar-refractivity contribution in [1.82, 2.24) is 4.90 Å². The molecule has 0 aliphatic heterocycles. The molecule has 94 valence electrons. The number of carbonyl (C=O) groups excluding carboxylic acids is 1. The standard InChI is InChI=1S/C12H18ClN3O/c1-16(8-3-2-7-13)12(17)15-11-6-4-5-10(14)9-11/h4-6,9H,2-3,7-8,14H2,1H3,(H,15,17). The molecule has 1 aromatic carbocycles. The number of amides is 2. The van der Waals surface area contributed by atoms with Crippen molar-refractivity contribution in [2.75, 3.05) is 30.5 Å². The zero-order valence-electron chi connectivity index (χ0n) is 9.95. The Morgan fingerprint density at radius 3 is 2.88 bits per heavy atom. The number of carbonyl (C=O) groups is 1. The summed E-state index contributed by atoms with van der Waals surface area (Å²) in [5, 5.41) is 2.78. The molecule has 1 rings (SSSR count). The van der Waals surface area contributed by atoms with E-state index in [1.807, 2.05) is 0 Å². The summed E-state index contributed by atoms with van der Waals surface area (Å²) in [7, 11) is 1.76. The number of nitrogens with two attached hydrogens (primary N) is 1. The van der Waals surface area contributed by atoms with Crippen LogP contribution < -0.4 is 11.1 Å². The fraction of sp³-hybridized carbons (Fsp3) is 0.417. The maximum Gasteiger partial charge on any atom is 0.321 e. The van der Waals surface area contributed by atoms with Gasteiger partial charge in [0.2, 0.25) is 0 Å². The third-order valence-corrected chi connectivity index (χ3v) is 2.63.